The fourth-order valence-electron chi connectivity index (χ4n) is 3.96. The minimum atomic E-state index is -0.933. The molecule has 2 N–H and O–H groups in total. The summed E-state index contributed by atoms with van der Waals surface area (Å²) in [5.74, 6) is -1.07. The van der Waals surface area contributed by atoms with Gasteiger partial charge in [0.2, 0.25) is 5.91 Å². The molecule has 2 unspecified atom stereocenters. The molecule has 1 aliphatic rings. The van der Waals surface area contributed by atoms with E-state index in [2.05, 4.69) is 10.6 Å². The second-order valence-corrected chi connectivity index (χ2v) is 9.19. The fraction of sp³-hybridized carbons (Fsp3) is 0.222. The topological polar surface area (TPSA) is 87.7 Å². The van der Waals surface area contributed by atoms with E-state index in [0.29, 0.717) is 27.4 Å². The van der Waals surface area contributed by atoms with Crippen LogP contribution in [0.4, 0.5) is 14.9 Å². The molecule has 0 radical (unpaired) electrons. The molecule has 7 nitrogen and oxygen atoms in total. The van der Waals surface area contributed by atoms with E-state index in [0.717, 1.165) is 0 Å². The van der Waals surface area contributed by atoms with Gasteiger partial charge in [-0.05, 0) is 67.4 Å². The van der Waals surface area contributed by atoms with Gasteiger partial charge in [-0.2, -0.15) is 0 Å². The van der Waals surface area contributed by atoms with Gasteiger partial charge < -0.3 is 15.4 Å². The number of hydrogen-bond donors (Lipinski definition) is 2. The Labute approximate surface area is 213 Å². The molecule has 0 aliphatic carbocycles. The highest BCUT2D eigenvalue weighted by molar-refractivity contribution is 6.31. The number of ether oxygens (including phenoxy) is 1. The Balaban J connectivity index is 1.55. The van der Waals surface area contributed by atoms with Crippen molar-refractivity contribution in [2.75, 3.05) is 5.32 Å². The van der Waals surface area contributed by atoms with Crippen molar-refractivity contribution in [3.05, 3.63) is 100 Å². The summed E-state index contributed by atoms with van der Waals surface area (Å²) < 4.78 is 19.0. The number of rotatable bonds is 7. The highest BCUT2D eigenvalue weighted by atomic mass is 35.5. The summed E-state index contributed by atoms with van der Waals surface area (Å²) in [6, 6.07) is 18.0. The van der Waals surface area contributed by atoms with Crippen LogP contribution in [0.1, 0.15) is 41.4 Å². The van der Waals surface area contributed by atoms with Gasteiger partial charge in [-0.25, -0.2) is 9.18 Å². The normalized spacial score (nSPS) is 17.1. The van der Waals surface area contributed by atoms with Crippen molar-refractivity contribution in [1.29, 1.82) is 0 Å². The number of nitrogens with zero attached hydrogens (tertiary/aromatic N) is 1. The monoisotopic (exact) mass is 509 g/mol. The van der Waals surface area contributed by atoms with Crippen molar-refractivity contribution in [3.8, 4) is 0 Å². The summed E-state index contributed by atoms with van der Waals surface area (Å²) in [7, 11) is 0. The van der Waals surface area contributed by atoms with Crippen LogP contribution in [0.15, 0.2) is 72.8 Å². The highest BCUT2D eigenvalue weighted by Crippen LogP contribution is 2.34. The molecular weight excluding hydrogens is 485 g/mol. The van der Waals surface area contributed by atoms with E-state index >= 15 is 0 Å². The number of carbonyl (C=O) groups is 3. The van der Waals surface area contributed by atoms with Crippen LogP contribution in [0.5, 0.6) is 0 Å². The molecule has 0 spiro atoms. The summed E-state index contributed by atoms with van der Waals surface area (Å²) in [5.41, 5.74) is 2.20. The van der Waals surface area contributed by atoms with Gasteiger partial charge in [-0.15, -0.1) is 0 Å². The molecule has 1 heterocycles. The van der Waals surface area contributed by atoms with Crippen molar-refractivity contribution in [2.45, 2.75) is 38.6 Å². The zero-order valence-electron chi connectivity index (χ0n) is 19.7. The van der Waals surface area contributed by atoms with E-state index in [1.165, 1.54) is 17.0 Å². The van der Waals surface area contributed by atoms with Gasteiger partial charge in [-0.3, -0.25) is 14.5 Å². The van der Waals surface area contributed by atoms with Gasteiger partial charge >= 0.3 is 6.09 Å². The Morgan fingerprint density at radius 2 is 1.75 bits per heavy atom. The zero-order valence-corrected chi connectivity index (χ0v) is 20.5. The summed E-state index contributed by atoms with van der Waals surface area (Å²) in [6.45, 7) is 3.73. The molecule has 0 aromatic heterocycles. The number of carbonyl (C=O) groups excluding carboxylic acids is 3. The third kappa shape index (κ3) is 5.83. The minimum absolute atomic E-state index is 0.0829. The Morgan fingerprint density at radius 1 is 1.06 bits per heavy atom. The van der Waals surface area contributed by atoms with Crippen LogP contribution < -0.4 is 10.6 Å². The molecule has 4 rings (SSSR count). The molecule has 1 saturated heterocycles. The third-order valence-corrected chi connectivity index (χ3v) is 5.87. The summed E-state index contributed by atoms with van der Waals surface area (Å²) in [5, 5.41) is 6.10. The van der Waals surface area contributed by atoms with E-state index in [9.17, 15) is 18.8 Å². The number of anilines is 1. The van der Waals surface area contributed by atoms with Crippen LogP contribution in [0, 0.1) is 5.82 Å². The molecule has 186 valence electrons. The molecule has 1 aliphatic heterocycles. The Kier molecular flexibility index (Phi) is 7.55. The van der Waals surface area contributed by atoms with Crippen LogP contribution in [0.3, 0.4) is 0 Å². The number of cyclic esters (lactones) is 1. The first-order chi connectivity index (χ1) is 17.2. The highest BCUT2D eigenvalue weighted by Gasteiger charge is 2.47. The van der Waals surface area contributed by atoms with E-state index in [-0.39, 0.29) is 24.4 Å². The Bertz CT molecular complexity index is 1260. The molecule has 0 bridgehead atoms. The van der Waals surface area contributed by atoms with Crippen LogP contribution >= 0.6 is 11.6 Å². The quantitative estimate of drug-likeness (QED) is 0.451. The van der Waals surface area contributed by atoms with Crippen LogP contribution in [0.2, 0.25) is 5.02 Å². The Morgan fingerprint density at radius 3 is 2.39 bits per heavy atom. The largest absolute Gasteiger partial charge is 0.438 e. The Hall–Kier alpha value is -3.91. The molecule has 2 atom stereocenters. The average molecular weight is 510 g/mol. The lowest BCUT2D eigenvalue weighted by Crippen LogP contribution is -2.48. The van der Waals surface area contributed by atoms with Crippen molar-refractivity contribution < 1.29 is 23.5 Å². The van der Waals surface area contributed by atoms with Gasteiger partial charge in [0, 0.05) is 22.3 Å². The number of hydrogen-bond acceptors (Lipinski definition) is 4. The maximum absolute atomic E-state index is 13.3. The van der Waals surface area contributed by atoms with Crippen molar-refractivity contribution in [3.63, 3.8) is 0 Å². The van der Waals surface area contributed by atoms with Crippen molar-refractivity contribution in [1.82, 2.24) is 10.2 Å². The van der Waals surface area contributed by atoms with Gasteiger partial charge in [-0.1, -0.05) is 41.9 Å². The molecule has 1 fully saturated rings. The van der Waals surface area contributed by atoms with Gasteiger partial charge in [0.15, 0.2) is 12.1 Å². The first-order valence-electron chi connectivity index (χ1n) is 11.4. The predicted octanol–water partition coefficient (Wildman–Crippen LogP) is 5.32. The molecular formula is C27H25ClFN3O4. The van der Waals surface area contributed by atoms with Crippen LogP contribution in [0.25, 0.3) is 0 Å². The van der Waals surface area contributed by atoms with E-state index < -0.39 is 24.1 Å². The minimum Gasteiger partial charge on any atom is -0.438 e. The van der Waals surface area contributed by atoms with Crippen molar-refractivity contribution in [2.24, 2.45) is 0 Å². The summed E-state index contributed by atoms with van der Waals surface area (Å²) in [6.07, 6.45) is -1.51. The molecule has 9 heteroatoms. The molecule has 3 aromatic rings. The lowest BCUT2D eigenvalue weighted by Gasteiger charge is -2.25. The number of amides is 3. The first-order valence-corrected chi connectivity index (χ1v) is 11.8. The standard InChI is InChI=1S/C27H25ClFN3O4/c1-16(2)30-26(34)23-24(36-27(35)32(23)15-17-6-10-21(29)11-7-17)18-8-12-22(13-9-18)31-25(33)19-4-3-5-20(28)14-19/h3-14,16,23-24H,15H2,1-2H3,(H,30,34)(H,31,33). The lowest BCUT2D eigenvalue weighted by molar-refractivity contribution is -0.126. The second kappa shape index (κ2) is 10.8. The van der Waals surface area contributed by atoms with Crippen molar-refractivity contribution >= 4 is 35.2 Å². The predicted molar refractivity (Wildman–Crippen MR) is 134 cm³/mol. The number of benzene rings is 3. The molecule has 3 aromatic carbocycles. The molecule has 36 heavy (non-hydrogen) atoms. The maximum Gasteiger partial charge on any atom is 0.411 e. The second-order valence-electron chi connectivity index (χ2n) is 8.75. The SMILES string of the molecule is CC(C)NC(=O)C1C(c2ccc(NC(=O)c3cccc(Cl)c3)cc2)OC(=O)N1Cc1ccc(F)cc1. The number of halogens is 2. The molecule has 3 amide bonds. The fourth-order valence-corrected chi connectivity index (χ4v) is 4.15. The van der Waals surface area contributed by atoms with Crippen LogP contribution in [-0.4, -0.2) is 34.9 Å². The van der Waals surface area contributed by atoms with E-state index in [1.54, 1.807) is 60.7 Å². The first kappa shape index (κ1) is 25.2. The zero-order chi connectivity index (χ0) is 25.8. The van der Waals surface area contributed by atoms with Gasteiger partial charge in [0.25, 0.3) is 5.91 Å². The smallest absolute Gasteiger partial charge is 0.411 e. The summed E-state index contributed by atoms with van der Waals surface area (Å²) >= 11 is 5.96. The maximum atomic E-state index is 13.3. The third-order valence-electron chi connectivity index (χ3n) is 5.63. The van der Waals surface area contributed by atoms with Crippen LogP contribution in [-0.2, 0) is 16.1 Å². The van der Waals surface area contributed by atoms with E-state index in [1.807, 2.05) is 13.8 Å². The van der Waals surface area contributed by atoms with E-state index in [4.69, 9.17) is 16.3 Å². The number of nitrogens with one attached hydrogen (secondary N) is 2. The van der Waals surface area contributed by atoms with Gasteiger partial charge in [0.05, 0.1) is 6.54 Å². The molecule has 0 saturated carbocycles. The summed E-state index contributed by atoms with van der Waals surface area (Å²) in [4.78, 5) is 39.8. The average Bonchev–Trinajstić information content (AvgIpc) is 3.16. The van der Waals surface area contributed by atoms with Gasteiger partial charge in [0.1, 0.15) is 5.82 Å². The lowest BCUT2D eigenvalue weighted by atomic mass is 10.00.